The third-order valence-corrected chi connectivity index (χ3v) is 4.96. The van der Waals surface area contributed by atoms with Crippen LogP contribution in [0.25, 0.3) is 0 Å². The maximum absolute atomic E-state index is 12.9. The molecule has 0 spiro atoms. The Morgan fingerprint density at radius 1 is 1.31 bits per heavy atom. The van der Waals surface area contributed by atoms with Gasteiger partial charge < -0.3 is 15.0 Å². The number of halogens is 1. The highest BCUT2D eigenvalue weighted by Crippen LogP contribution is 2.36. The average molecular weight is 360 g/mol. The summed E-state index contributed by atoms with van der Waals surface area (Å²) >= 11 is 0. The number of aromatic nitrogens is 3. The van der Waals surface area contributed by atoms with Gasteiger partial charge in [-0.05, 0) is 50.3 Å². The number of rotatable bonds is 8. The summed E-state index contributed by atoms with van der Waals surface area (Å²) in [5, 5.41) is 20.6. The summed E-state index contributed by atoms with van der Waals surface area (Å²) in [7, 11) is 0. The third-order valence-electron chi connectivity index (χ3n) is 4.96. The summed E-state index contributed by atoms with van der Waals surface area (Å²) < 4.78 is 14.8. The summed E-state index contributed by atoms with van der Waals surface area (Å²) in [4.78, 5) is 12.1. The molecule has 0 aliphatic heterocycles. The predicted octanol–water partition coefficient (Wildman–Crippen LogP) is 2.31. The van der Waals surface area contributed by atoms with E-state index in [1.165, 1.54) is 12.1 Å². The summed E-state index contributed by atoms with van der Waals surface area (Å²) in [5.41, 5.74) is 1.04. The zero-order valence-electron chi connectivity index (χ0n) is 15.0. The highest BCUT2D eigenvalue weighted by atomic mass is 19.1. The highest BCUT2D eigenvalue weighted by Gasteiger charge is 2.35. The molecule has 0 atom stereocenters. The maximum Gasteiger partial charge on any atom is 0.220 e. The van der Waals surface area contributed by atoms with Crippen molar-refractivity contribution in [1.29, 1.82) is 0 Å². The molecular weight excluding hydrogens is 335 g/mol. The van der Waals surface area contributed by atoms with Gasteiger partial charge in [0.25, 0.3) is 0 Å². The second-order valence-corrected chi connectivity index (χ2v) is 6.79. The van der Waals surface area contributed by atoms with Crippen molar-refractivity contribution < 1.29 is 14.3 Å². The van der Waals surface area contributed by atoms with E-state index in [-0.39, 0.29) is 30.3 Å². The van der Waals surface area contributed by atoms with E-state index < -0.39 is 0 Å². The van der Waals surface area contributed by atoms with E-state index in [4.69, 9.17) is 0 Å². The van der Waals surface area contributed by atoms with E-state index in [0.29, 0.717) is 12.2 Å². The van der Waals surface area contributed by atoms with Gasteiger partial charge in [-0.15, -0.1) is 10.2 Å². The first-order valence-corrected chi connectivity index (χ1v) is 9.17. The van der Waals surface area contributed by atoms with Crippen LogP contribution in [0, 0.1) is 5.82 Å². The molecule has 1 fully saturated rings. The Morgan fingerprint density at radius 2 is 2.04 bits per heavy atom. The number of carbonyl (C=O) groups is 1. The van der Waals surface area contributed by atoms with Crippen LogP contribution in [0.15, 0.2) is 24.3 Å². The van der Waals surface area contributed by atoms with E-state index in [1.807, 2.05) is 11.5 Å². The summed E-state index contributed by atoms with van der Waals surface area (Å²) in [6.07, 6.45) is 3.70. The number of aliphatic hydroxyl groups excluding tert-OH is 1. The molecule has 1 aromatic carbocycles. The van der Waals surface area contributed by atoms with Gasteiger partial charge in [0.05, 0.1) is 0 Å². The van der Waals surface area contributed by atoms with E-state index in [0.717, 1.165) is 43.6 Å². The molecule has 0 radical (unpaired) electrons. The second-order valence-electron chi connectivity index (χ2n) is 6.79. The number of hydrogen-bond donors (Lipinski definition) is 2. The molecule has 1 aliphatic carbocycles. The van der Waals surface area contributed by atoms with Gasteiger partial charge in [-0.1, -0.05) is 12.1 Å². The topological polar surface area (TPSA) is 80.0 Å². The quantitative estimate of drug-likeness (QED) is 0.757. The number of nitrogens with zero attached hydrogens (tertiary/aromatic N) is 3. The van der Waals surface area contributed by atoms with Crippen molar-refractivity contribution in [3.8, 4) is 0 Å². The van der Waals surface area contributed by atoms with Crippen molar-refractivity contribution in [3.63, 3.8) is 0 Å². The van der Waals surface area contributed by atoms with Crippen LogP contribution < -0.4 is 5.32 Å². The maximum atomic E-state index is 12.9. The summed E-state index contributed by atoms with van der Waals surface area (Å²) in [5.74, 6) is 1.60. The lowest BCUT2D eigenvalue weighted by molar-refractivity contribution is -0.122. The third kappa shape index (κ3) is 4.27. The molecule has 0 bridgehead atoms. The molecule has 2 N–H and O–H groups in total. The van der Waals surface area contributed by atoms with Crippen LogP contribution in [0.1, 0.15) is 55.7 Å². The molecule has 1 amide bonds. The number of nitrogens with one attached hydrogen (secondary N) is 1. The summed E-state index contributed by atoms with van der Waals surface area (Å²) in [6, 6.07) is 6.59. The number of hydrogen-bond acceptors (Lipinski definition) is 4. The lowest BCUT2D eigenvalue weighted by atomic mass is 9.79. The zero-order valence-corrected chi connectivity index (χ0v) is 15.0. The van der Waals surface area contributed by atoms with Crippen molar-refractivity contribution in [2.45, 2.75) is 64.1 Å². The Hall–Kier alpha value is -2.28. The van der Waals surface area contributed by atoms with Crippen LogP contribution in [-0.4, -0.2) is 31.8 Å². The van der Waals surface area contributed by atoms with E-state index in [9.17, 15) is 14.3 Å². The smallest absolute Gasteiger partial charge is 0.220 e. The van der Waals surface area contributed by atoms with Crippen molar-refractivity contribution in [1.82, 2.24) is 20.1 Å². The van der Waals surface area contributed by atoms with Gasteiger partial charge in [-0.2, -0.15) is 0 Å². The van der Waals surface area contributed by atoms with Gasteiger partial charge in [0, 0.05) is 24.9 Å². The van der Waals surface area contributed by atoms with Crippen LogP contribution in [0.5, 0.6) is 0 Å². The summed E-state index contributed by atoms with van der Waals surface area (Å²) in [6.45, 7) is 2.63. The van der Waals surface area contributed by atoms with Crippen LogP contribution >= 0.6 is 0 Å². The van der Waals surface area contributed by atoms with Gasteiger partial charge in [0.2, 0.25) is 5.91 Å². The highest BCUT2D eigenvalue weighted by molar-refractivity contribution is 5.76. The first-order chi connectivity index (χ1) is 12.6. The number of aliphatic hydroxyl groups is 1. The number of amides is 1. The van der Waals surface area contributed by atoms with Crippen LogP contribution in [0.4, 0.5) is 4.39 Å². The second kappa shape index (κ2) is 8.40. The fourth-order valence-corrected chi connectivity index (χ4v) is 3.46. The Kier molecular flexibility index (Phi) is 5.98. The Balaban J connectivity index is 1.39. The van der Waals surface area contributed by atoms with Crippen LogP contribution in [0.3, 0.4) is 0 Å². The molecular formula is C19H25FN4O2. The molecule has 0 unspecified atom stereocenters. The SMILES string of the molecule is CCn1c(CO)nnc1C1CC(NC(=O)CCCc2ccc(F)cc2)C1. The first kappa shape index (κ1) is 18.5. The van der Waals surface area contributed by atoms with E-state index in [2.05, 4.69) is 15.5 Å². The fourth-order valence-electron chi connectivity index (χ4n) is 3.46. The van der Waals surface area contributed by atoms with Gasteiger partial charge in [-0.25, -0.2) is 4.39 Å². The lowest BCUT2D eigenvalue weighted by Gasteiger charge is -2.35. The van der Waals surface area contributed by atoms with Crippen molar-refractivity contribution >= 4 is 5.91 Å². The van der Waals surface area contributed by atoms with E-state index >= 15 is 0 Å². The number of aryl methyl sites for hydroxylation is 1. The molecule has 7 heteroatoms. The molecule has 1 aliphatic rings. The molecule has 0 saturated heterocycles. The van der Waals surface area contributed by atoms with E-state index in [1.54, 1.807) is 12.1 Å². The number of benzene rings is 1. The Labute approximate surface area is 152 Å². The Morgan fingerprint density at radius 3 is 2.69 bits per heavy atom. The molecule has 2 aromatic rings. The van der Waals surface area contributed by atoms with Crippen LogP contribution in [-0.2, 0) is 24.4 Å². The molecule has 3 rings (SSSR count). The predicted molar refractivity (Wildman–Crippen MR) is 94.9 cm³/mol. The fraction of sp³-hybridized carbons (Fsp3) is 0.526. The number of carbonyl (C=O) groups excluding carboxylic acids is 1. The minimum Gasteiger partial charge on any atom is -0.388 e. The minimum absolute atomic E-state index is 0.0589. The molecule has 1 saturated carbocycles. The average Bonchev–Trinajstić information content (AvgIpc) is 3.02. The van der Waals surface area contributed by atoms with Gasteiger partial charge in [0.15, 0.2) is 5.82 Å². The van der Waals surface area contributed by atoms with Crippen molar-refractivity contribution in [2.75, 3.05) is 0 Å². The van der Waals surface area contributed by atoms with Gasteiger partial charge in [-0.3, -0.25) is 4.79 Å². The zero-order chi connectivity index (χ0) is 18.5. The molecule has 140 valence electrons. The molecule has 1 aromatic heterocycles. The van der Waals surface area contributed by atoms with Gasteiger partial charge in [0.1, 0.15) is 18.2 Å². The van der Waals surface area contributed by atoms with Crippen molar-refractivity contribution in [3.05, 3.63) is 47.3 Å². The lowest BCUT2D eigenvalue weighted by Crippen LogP contribution is -2.44. The van der Waals surface area contributed by atoms with Crippen molar-refractivity contribution in [2.24, 2.45) is 0 Å². The molecule has 26 heavy (non-hydrogen) atoms. The first-order valence-electron chi connectivity index (χ1n) is 9.17. The minimum atomic E-state index is -0.240. The van der Waals surface area contributed by atoms with Crippen LogP contribution in [0.2, 0.25) is 0 Å². The monoisotopic (exact) mass is 360 g/mol. The standard InChI is InChI=1S/C19H25FN4O2/c1-2-24-17(12-25)22-23-19(24)14-10-16(11-14)21-18(26)5-3-4-13-6-8-15(20)9-7-13/h6-9,14,16,25H,2-5,10-12H2,1H3,(H,21,26). The largest absolute Gasteiger partial charge is 0.388 e. The molecule has 6 nitrogen and oxygen atoms in total. The van der Waals surface area contributed by atoms with Gasteiger partial charge >= 0.3 is 0 Å². The Bertz CT molecular complexity index is 738. The molecule has 1 heterocycles. The normalized spacial score (nSPS) is 19.2.